The van der Waals surface area contributed by atoms with E-state index in [0.717, 1.165) is 13.0 Å². The number of hydrogen-bond donors (Lipinski definition) is 2. The normalized spacial score (nSPS) is 11.8. The van der Waals surface area contributed by atoms with Crippen molar-refractivity contribution >= 4 is 0 Å². The first kappa shape index (κ1) is 16.7. The van der Waals surface area contributed by atoms with Gasteiger partial charge in [0, 0.05) is 11.5 Å². The van der Waals surface area contributed by atoms with Crippen molar-refractivity contribution in [2.45, 2.75) is 31.7 Å². The van der Waals surface area contributed by atoms with Crippen LogP contribution in [0.3, 0.4) is 0 Å². The summed E-state index contributed by atoms with van der Waals surface area (Å²) >= 11 is 0. The molecule has 0 saturated heterocycles. The zero-order valence-electron chi connectivity index (χ0n) is 13.5. The molecule has 0 unspecified atom stereocenters. The summed E-state index contributed by atoms with van der Waals surface area (Å²) in [5.74, 6) is 0.376. The van der Waals surface area contributed by atoms with Crippen molar-refractivity contribution < 1.29 is 5.11 Å². The molecule has 0 aliphatic rings. The molecular formula is C20H26NO. The zero-order valence-corrected chi connectivity index (χ0v) is 13.5. The maximum absolute atomic E-state index is 9.28. The molecule has 2 heteroatoms. The average Bonchev–Trinajstić information content (AvgIpc) is 2.56. The molecule has 2 aromatic rings. The molecule has 2 nitrogen and oxygen atoms in total. The van der Waals surface area contributed by atoms with Crippen LogP contribution in [-0.4, -0.2) is 23.8 Å². The summed E-state index contributed by atoms with van der Waals surface area (Å²) in [4.78, 5) is 0. The Morgan fingerprint density at radius 3 is 1.91 bits per heavy atom. The lowest BCUT2D eigenvalue weighted by molar-refractivity contribution is 0.191. The van der Waals surface area contributed by atoms with Crippen LogP contribution in [0, 0.1) is 6.42 Å². The standard InChI is InChI=1S/C20H26NO/c1-20(2,16-22)21-15-9-14-19(17-10-5-3-6-11-17)18-12-7-4-8-13-18/h3-13,19,21-22H,14-16H2,1-2H3. The van der Waals surface area contributed by atoms with Gasteiger partial charge in [-0.2, -0.15) is 0 Å². The largest absolute Gasteiger partial charge is 0.394 e. The van der Waals surface area contributed by atoms with Gasteiger partial charge in [0.1, 0.15) is 0 Å². The molecule has 2 aromatic carbocycles. The third kappa shape index (κ3) is 4.97. The average molecular weight is 296 g/mol. The summed E-state index contributed by atoms with van der Waals surface area (Å²) in [6.07, 6.45) is 3.24. The second-order valence-electron chi connectivity index (χ2n) is 6.32. The van der Waals surface area contributed by atoms with E-state index in [1.807, 2.05) is 13.8 Å². The summed E-state index contributed by atoms with van der Waals surface area (Å²) < 4.78 is 0. The van der Waals surface area contributed by atoms with Crippen LogP contribution in [0.4, 0.5) is 0 Å². The SMILES string of the molecule is CC(C)(CO)NC[CH]CC(c1ccccc1)c1ccccc1. The van der Waals surface area contributed by atoms with Crippen LogP contribution in [0.1, 0.15) is 37.3 Å². The second kappa shape index (κ2) is 8.11. The van der Waals surface area contributed by atoms with Crippen LogP contribution in [0.25, 0.3) is 0 Å². The van der Waals surface area contributed by atoms with Gasteiger partial charge in [0.15, 0.2) is 0 Å². The molecule has 0 atom stereocenters. The number of hydrogen-bond acceptors (Lipinski definition) is 2. The fourth-order valence-corrected chi connectivity index (χ4v) is 2.49. The van der Waals surface area contributed by atoms with Gasteiger partial charge in [-0.25, -0.2) is 0 Å². The highest BCUT2D eigenvalue weighted by atomic mass is 16.3. The molecule has 0 aliphatic heterocycles. The monoisotopic (exact) mass is 296 g/mol. The summed E-state index contributed by atoms with van der Waals surface area (Å²) in [6.45, 7) is 4.95. The van der Waals surface area contributed by atoms with E-state index in [9.17, 15) is 5.11 Å². The van der Waals surface area contributed by atoms with E-state index in [2.05, 4.69) is 72.4 Å². The van der Waals surface area contributed by atoms with Gasteiger partial charge in [0.2, 0.25) is 0 Å². The minimum absolute atomic E-state index is 0.141. The molecule has 0 saturated carbocycles. The van der Waals surface area contributed by atoms with E-state index < -0.39 is 0 Å². The fraction of sp³-hybridized carbons (Fsp3) is 0.350. The van der Waals surface area contributed by atoms with Crippen molar-refractivity contribution in [2.75, 3.05) is 13.2 Å². The molecule has 1 radical (unpaired) electrons. The predicted molar refractivity (Wildman–Crippen MR) is 92.8 cm³/mol. The third-order valence-corrected chi connectivity index (χ3v) is 3.93. The molecule has 0 fully saturated rings. The van der Waals surface area contributed by atoms with Crippen molar-refractivity contribution in [3.63, 3.8) is 0 Å². The van der Waals surface area contributed by atoms with Crippen LogP contribution >= 0.6 is 0 Å². The lowest BCUT2D eigenvalue weighted by atomic mass is 9.87. The smallest absolute Gasteiger partial charge is 0.0607 e. The summed E-state index contributed by atoms with van der Waals surface area (Å²) in [5, 5.41) is 12.6. The zero-order chi connectivity index (χ0) is 15.8. The number of nitrogens with one attached hydrogen (secondary N) is 1. The Morgan fingerprint density at radius 2 is 1.45 bits per heavy atom. The highest BCUT2D eigenvalue weighted by Crippen LogP contribution is 2.28. The summed E-state index contributed by atoms with van der Waals surface area (Å²) in [6, 6.07) is 21.3. The van der Waals surface area contributed by atoms with Gasteiger partial charge in [0.25, 0.3) is 0 Å². The number of benzene rings is 2. The summed E-state index contributed by atoms with van der Waals surface area (Å²) in [5.41, 5.74) is 2.45. The van der Waals surface area contributed by atoms with Gasteiger partial charge < -0.3 is 10.4 Å². The van der Waals surface area contributed by atoms with Crippen molar-refractivity contribution in [2.24, 2.45) is 0 Å². The van der Waals surface area contributed by atoms with Crippen molar-refractivity contribution in [3.05, 3.63) is 78.2 Å². The van der Waals surface area contributed by atoms with E-state index in [4.69, 9.17) is 0 Å². The summed E-state index contributed by atoms with van der Waals surface area (Å²) in [7, 11) is 0. The maximum Gasteiger partial charge on any atom is 0.0607 e. The lowest BCUT2D eigenvalue weighted by Gasteiger charge is -2.24. The van der Waals surface area contributed by atoms with E-state index in [1.165, 1.54) is 11.1 Å². The molecule has 0 aliphatic carbocycles. The molecule has 22 heavy (non-hydrogen) atoms. The Labute approximate surface area is 134 Å². The molecular weight excluding hydrogens is 270 g/mol. The van der Waals surface area contributed by atoms with Crippen LogP contribution in [-0.2, 0) is 0 Å². The minimum Gasteiger partial charge on any atom is -0.394 e. The third-order valence-electron chi connectivity index (χ3n) is 3.93. The molecule has 2 N–H and O–H groups in total. The van der Waals surface area contributed by atoms with Gasteiger partial charge in [-0.3, -0.25) is 0 Å². The number of aliphatic hydroxyl groups excluding tert-OH is 1. The Balaban J connectivity index is 2.01. The van der Waals surface area contributed by atoms with Crippen LogP contribution in [0.2, 0.25) is 0 Å². The van der Waals surface area contributed by atoms with Gasteiger partial charge in [0.05, 0.1) is 6.61 Å². The molecule has 117 valence electrons. The van der Waals surface area contributed by atoms with E-state index in [0.29, 0.717) is 5.92 Å². The maximum atomic E-state index is 9.28. The quantitative estimate of drug-likeness (QED) is 0.727. The first-order valence-electron chi connectivity index (χ1n) is 7.90. The molecule has 0 bridgehead atoms. The molecule has 0 spiro atoms. The fourth-order valence-electron chi connectivity index (χ4n) is 2.49. The van der Waals surface area contributed by atoms with Crippen molar-refractivity contribution in [1.29, 1.82) is 0 Å². The van der Waals surface area contributed by atoms with E-state index >= 15 is 0 Å². The van der Waals surface area contributed by atoms with Crippen LogP contribution < -0.4 is 5.32 Å². The highest BCUT2D eigenvalue weighted by Gasteiger charge is 2.16. The first-order chi connectivity index (χ1) is 10.6. The van der Waals surface area contributed by atoms with Gasteiger partial charge in [-0.15, -0.1) is 0 Å². The van der Waals surface area contributed by atoms with Gasteiger partial charge in [-0.1, -0.05) is 60.7 Å². The lowest BCUT2D eigenvalue weighted by Crippen LogP contribution is -2.43. The molecule has 0 aromatic heterocycles. The Morgan fingerprint density at radius 1 is 0.955 bits per heavy atom. The van der Waals surface area contributed by atoms with Crippen LogP contribution in [0.5, 0.6) is 0 Å². The topological polar surface area (TPSA) is 32.3 Å². The molecule has 0 heterocycles. The minimum atomic E-state index is -0.231. The van der Waals surface area contributed by atoms with E-state index in [1.54, 1.807) is 0 Å². The van der Waals surface area contributed by atoms with Crippen molar-refractivity contribution in [3.8, 4) is 0 Å². The predicted octanol–water partition coefficient (Wildman–Crippen LogP) is 3.77. The Kier molecular flexibility index (Phi) is 6.17. The first-order valence-corrected chi connectivity index (χ1v) is 7.90. The van der Waals surface area contributed by atoms with Crippen molar-refractivity contribution in [1.82, 2.24) is 5.32 Å². The van der Waals surface area contributed by atoms with Gasteiger partial charge in [-0.05, 0) is 44.4 Å². The van der Waals surface area contributed by atoms with E-state index in [-0.39, 0.29) is 12.1 Å². The Bertz CT molecular complexity index is 497. The van der Waals surface area contributed by atoms with Crippen LogP contribution in [0.15, 0.2) is 60.7 Å². The second-order valence-corrected chi connectivity index (χ2v) is 6.32. The Hall–Kier alpha value is -1.64. The van der Waals surface area contributed by atoms with Gasteiger partial charge >= 0.3 is 0 Å². The molecule has 0 amide bonds. The number of aliphatic hydroxyl groups is 1. The number of rotatable bonds is 8. The highest BCUT2D eigenvalue weighted by molar-refractivity contribution is 5.32. The molecule has 2 rings (SSSR count).